The number of rotatable bonds is 2. The first-order chi connectivity index (χ1) is 9.60. The van der Waals surface area contributed by atoms with Gasteiger partial charge >= 0.3 is 0 Å². The molecule has 1 heterocycles. The van der Waals surface area contributed by atoms with E-state index in [4.69, 9.17) is 22.1 Å². The monoisotopic (exact) mass is 291 g/mol. The Kier molecular flexibility index (Phi) is 2.99. The van der Waals surface area contributed by atoms with Gasteiger partial charge in [-0.25, -0.2) is 9.37 Å². The summed E-state index contributed by atoms with van der Waals surface area (Å²) in [5, 5.41) is 0.389. The van der Waals surface area contributed by atoms with Crippen LogP contribution in [-0.4, -0.2) is 16.7 Å². The minimum absolute atomic E-state index is 0.237. The number of anilines is 1. The van der Waals surface area contributed by atoms with Gasteiger partial charge in [0.25, 0.3) is 0 Å². The van der Waals surface area contributed by atoms with Gasteiger partial charge in [0.15, 0.2) is 0 Å². The molecule has 0 amide bonds. The summed E-state index contributed by atoms with van der Waals surface area (Å²) in [7, 11) is 1.57. The second kappa shape index (κ2) is 4.68. The smallest absolute Gasteiger partial charge is 0.205 e. The molecule has 0 aliphatic rings. The lowest BCUT2D eigenvalue weighted by molar-refractivity contribution is 0.415. The fourth-order valence-corrected chi connectivity index (χ4v) is 2.31. The average molecular weight is 292 g/mol. The van der Waals surface area contributed by atoms with Gasteiger partial charge < -0.3 is 10.5 Å². The topological polar surface area (TPSA) is 53.1 Å². The molecule has 0 aliphatic heterocycles. The molecular weight excluding hydrogens is 281 g/mol. The second-order valence-electron chi connectivity index (χ2n) is 4.26. The first-order valence-corrected chi connectivity index (χ1v) is 6.25. The van der Waals surface area contributed by atoms with E-state index in [1.165, 1.54) is 18.2 Å². The van der Waals surface area contributed by atoms with Crippen molar-refractivity contribution >= 4 is 28.6 Å². The highest BCUT2D eigenvalue weighted by Crippen LogP contribution is 2.30. The molecule has 0 saturated carbocycles. The molecule has 3 rings (SSSR count). The van der Waals surface area contributed by atoms with Gasteiger partial charge in [0.1, 0.15) is 11.6 Å². The number of nitrogens with zero attached hydrogens (tertiary/aromatic N) is 2. The van der Waals surface area contributed by atoms with E-state index in [1.54, 1.807) is 29.9 Å². The molecule has 2 N–H and O–H groups in total. The van der Waals surface area contributed by atoms with Crippen LogP contribution in [0.2, 0.25) is 5.02 Å². The molecule has 0 saturated heterocycles. The van der Waals surface area contributed by atoms with E-state index in [0.29, 0.717) is 27.5 Å². The van der Waals surface area contributed by atoms with Gasteiger partial charge in [0.2, 0.25) is 5.95 Å². The minimum atomic E-state index is -0.395. The van der Waals surface area contributed by atoms with E-state index in [9.17, 15) is 4.39 Å². The van der Waals surface area contributed by atoms with Crippen LogP contribution in [-0.2, 0) is 0 Å². The molecule has 0 radical (unpaired) electrons. The number of hydrogen-bond donors (Lipinski definition) is 1. The minimum Gasteiger partial charge on any atom is -0.497 e. The Morgan fingerprint density at radius 2 is 2.05 bits per heavy atom. The fraction of sp³-hybridized carbons (Fsp3) is 0.0714. The van der Waals surface area contributed by atoms with Crippen LogP contribution in [0.1, 0.15) is 0 Å². The van der Waals surface area contributed by atoms with Gasteiger partial charge in [-0.2, -0.15) is 0 Å². The highest BCUT2D eigenvalue weighted by molar-refractivity contribution is 6.32. The van der Waals surface area contributed by atoms with Gasteiger partial charge in [-0.05, 0) is 30.3 Å². The van der Waals surface area contributed by atoms with E-state index in [-0.39, 0.29) is 5.95 Å². The number of hydrogen-bond acceptors (Lipinski definition) is 3. The molecule has 1 aromatic heterocycles. The molecule has 0 aliphatic carbocycles. The fourth-order valence-electron chi connectivity index (χ4n) is 2.11. The van der Waals surface area contributed by atoms with Crippen molar-refractivity contribution in [1.82, 2.24) is 9.55 Å². The van der Waals surface area contributed by atoms with Crippen LogP contribution >= 0.6 is 11.6 Å². The highest BCUT2D eigenvalue weighted by Gasteiger charge is 2.14. The SMILES string of the molecule is COc1ccc2nc(N)n(-c3cc(F)ccc3Cl)c2c1. The van der Waals surface area contributed by atoms with Gasteiger partial charge in [-0.3, -0.25) is 4.57 Å². The molecule has 4 nitrogen and oxygen atoms in total. The lowest BCUT2D eigenvalue weighted by atomic mass is 10.2. The third-order valence-corrected chi connectivity index (χ3v) is 3.36. The zero-order chi connectivity index (χ0) is 14.3. The standard InChI is InChI=1S/C14H11ClFN3O/c1-20-9-3-5-11-13(7-9)19(14(17)18-11)12-6-8(16)2-4-10(12)15/h2-7H,1H3,(H2,17,18). The van der Waals surface area contributed by atoms with Gasteiger partial charge in [0, 0.05) is 6.07 Å². The molecule has 6 heteroatoms. The van der Waals surface area contributed by atoms with Crippen LogP contribution in [0.25, 0.3) is 16.7 Å². The summed E-state index contributed by atoms with van der Waals surface area (Å²) in [6.45, 7) is 0. The summed E-state index contributed by atoms with van der Waals surface area (Å²) in [4.78, 5) is 4.24. The molecule has 2 aromatic carbocycles. The molecule has 3 aromatic rings. The lowest BCUT2D eigenvalue weighted by Gasteiger charge is -2.09. The van der Waals surface area contributed by atoms with Crippen molar-refractivity contribution in [3.8, 4) is 11.4 Å². The third-order valence-electron chi connectivity index (χ3n) is 3.04. The number of imidazole rings is 1. The zero-order valence-electron chi connectivity index (χ0n) is 10.6. The van der Waals surface area contributed by atoms with E-state index < -0.39 is 5.82 Å². The van der Waals surface area contributed by atoms with Crippen molar-refractivity contribution in [2.75, 3.05) is 12.8 Å². The molecule has 0 spiro atoms. The highest BCUT2D eigenvalue weighted by atomic mass is 35.5. The van der Waals surface area contributed by atoms with Crippen molar-refractivity contribution in [2.24, 2.45) is 0 Å². The average Bonchev–Trinajstić information content (AvgIpc) is 2.76. The Hall–Kier alpha value is -2.27. The first kappa shape index (κ1) is 12.7. The number of aromatic nitrogens is 2. The van der Waals surface area contributed by atoms with E-state index in [0.717, 1.165) is 0 Å². The number of nitrogens with two attached hydrogens (primary N) is 1. The van der Waals surface area contributed by atoms with Crippen molar-refractivity contribution in [3.63, 3.8) is 0 Å². The molecule has 0 unspecified atom stereocenters. The predicted molar refractivity (Wildman–Crippen MR) is 77.0 cm³/mol. The first-order valence-electron chi connectivity index (χ1n) is 5.87. The third kappa shape index (κ3) is 1.96. The van der Waals surface area contributed by atoms with E-state index >= 15 is 0 Å². The summed E-state index contributed by atoms with van der Waals surface area (Å²) in [5.41, 5.74) is 7.76. The van der Waals surface area contributed by atoms with Crippen LogP contribution in [0.15, 0.2) is 36.4 Å². The Labute approximate surface area is 119 Å². The van der Waals surface area contributed by atoms with Crippen molar-refractivity contribution in [1.29, 1.82) is 0 Å². The number of benzene rings is 2. The lowest BCUT2D eigenvalue weighted by Crippen LogP contribution is -2.02. The Bertz CT molecular complexity index is 800. The zero-order valence-corrected chi connectivity index (χ0v) is 11.4. The maximum atomic E-state index is 13.5. The number of methoxy groups -OCH3 is 1. The van der Waals surface area contributed by atoms with Crippen LogP contribution < -0.4 is 10.5 Å². The maximum absolute atomic E-state index is 13.5. The van der Waals surface area contributed by atoms with Gasteiger partial charge in [-0.15, -0.1) is 0 Å². The van der Waals surface area contributed by atoms with Crippen LogP contribution in [0.3, 0.4) is 0 Å². The normalized spacial score (nSPS) is 10.9. The molecule has 0 atom stereocenters. The van der Waals surface area contributed by atoms with Crippen molar-refractivity contribution < 1.29 is 9.13 Å². The van der Waals surface area contributed by atoms with E-state index in [1.807, 2.05) is 0 Å². The summed E-state index contributed by atoms with van der Waals surface area (Å²) in [6.07, 6.45) is 0. The number of halogens is 2. The molecule has 102 valence electrons. The summed E-state index contributed by atoms with van der Waals surface area (Å²) < 4.78 is 20.2. The molecule has 0 fully saturated rings. The Morgan fingerprint density at radius 1 is 1.25 bits per heavy atom. The number of ether oxygens (including phenoxy) is 1. The molecule has 0 bridgehead atoms. The van der Waals surface area contributed by atoms with E-state index in [2.05, 4.69) is 4.98 Å². The van der Waals surface area contributed by atoms with Crippen LogP contribution in [0.4, 0.5) is 10.3 Å². The predicted octanol–water partition coefficient (Wildman–Crippen LogP) is 3.41. The van der Waals surface area contributed by atoms with Crippen LogP contribution in [0.5, 0.6) is 5.75 Å². The quantitative estimate of drug-likeness (QED) is 0.787. The summed E-state index contributed by atoms with van der Waals surface area (Å²) in [6, 6.07) is 9.44. The number of nitrogen functional groups attached to an aromatic ring is 1. The second-order valence-corrected chi connectivity index (χ2v) is 4.66. The molecule has 20 heavy (non-hydrogen) atoms. The Balaban J connectivity index is 2.34. The Morgan fingerprint density at radius 3 is 2.80 bits per heavy atom. The number of fused-ring (bicyclic) bond motifs is 1. The van der Waals surface area contributed by atoms with Crippen molar-refractivity contribution in [3.05, 3.63) is 47.2 Å². The summed E-state index contributed by atoms with van der Waals surface area (Å²) >= 11 is 6.13. The van der Waals surface area contributed by atoms with Crippen molar-refractivity contribution in [2.45, 2.75) is 0 Å². The summed E-state index contributed by atoms with van der Waals surface area (Å²) in [5.74, 6) is 0.500. The van der Waals surface area contributed by atoms with Gasteiger partial charge in [0.05, 0.1) is 28.9 Å². The van der Waals surface area contributed by atoms with Crippen LogP contribution in [0, 0.1) is 5.82 Å². The molecular formula is C14H11ClFN3O. The van der Waals surface area contributed by atoms with Gasteiger partial charge in [-0.1, -0.05) is 11.6 Å². The maximum Gasteiger partial charge on any atom is 0.205 e. The largest absolute Gasteiger partial charge is 0.497 e.